The highest BCUT2D eigenvalue weighted by molar-refractivity contribution is 6.35. The van der Waals surface area contributed by atoms with E-state index in [9.17, 15) is 0 Å². The molecule has 0 amide bonds. The molecule has 0 unspecified atom stereocenters. The molecule has 0 fully saturated rings. The topological polar surface area (TPSA) is 39.0 Å². The average Bonchev–Trinajstić information content (AvgIpc) is 4.33. The Labute approximate surface area is 428 Å². The van der Waals surface area contributed by atoms with Gasteiger partial charge in [-0.15, -0.1) is 0 Å². The summed E-state index contributed by atoms with van der Waals surface area (Å²) in [5.74, 6) is 0. The predicted molar refractivity (Wildman–Crippen MR) is 313 cm³/mol. The lowest BCUT2D eigenvalue weighted by atomic mass is 9.93. The number of para-hydroxylation sites is 2. The maximum absolute atomic E-state index is 5.29. The van der Waals surface area contributed by atoms with Crippen molar-refractivity contribution in [2.75, 3.05) is 0 Å². The van der Waals surface area contributed by atoms with E-state index in [1.807, 2.05) is 0 Å². The summed E-state index contributed by atoms with van der Waals surface area (Å²) in [4.78, 5) is 10.6. The normalized spacial score (nSPS) is 12.5. The molecule has 0 N–H and O–H groups in total. The van der Waals surface area contributed by atoms with E-state index in [2.05, 4.69) is 250 Å². The van der Waals surface area contributed by atoms with Crippen LogP contribution in [-0.2, 0) is 0 Å². The third-order valence-corrected chi connectivity index (χ3v) is 16.6. The SMILES string of the molecule is c1ccc(-c2cc3c4cc(-c5ccccc5)ncc4n4c5c(-c6cc7c8ccccc8n8c9ccccc9c(c6)c78)c6c(cc5c(c2)c34)c2cc(-c3ccccc3)cc3c4cc(-c5ccccc5)ncc4n6c32)cc1. The minimum absolute atomic E-state index is 0.959. The lowest BCUT2D eigenvalue weighted by Gasteiger charge is -2.12. The lowest BCUT2D eigenvalue weighted by molar-refractivity contribution is 1.29. The molecule has 0 aliphatic carbocycles. The van der Waals surface area contributed by atoms with Crippen molar-refractivity contribution < 1.29 is 0 Å². The minimum Gasteiger partial charge on any atom is -0.308 e. The van der Waals surface area contributed by atoms with Crippen LogP contribution in [0.25, 0.3) is 170 Å². The van der Waals surface area contributed by atoms with E-state index < -0.39 is 0 Å². The van der Waals surface area contributed by atoms with Crippen LogP contribution in [0.3, 0.4) is 0 Å². The van der Waals surface area contributed by atoms with E-state index in [-0.39, 0.29) is 0 Å². The molecule has 0 spiro atoms. The van der Waals surface area contributed by atoms with Crippen LogP contribution < -0.4 is 0 Å². The molecule has 344 valence electrons. The number of nitrogens with zero attached hydrogens (tertiary/aromatic N) is 5. The number of hydrogen-bond donors (Lipinski definition) is 0. The summed E-state index contributed by atoms with van der Waals surface area (Å²) in [7, 11) is 0. The smallest absolute Gasteiger partial charge is 0.0725 e. The van der Waals surface area contributed by atoms with Gasteiger partial charge in [-0.1, -0.05) is 158 Å². The largest absolute Gasteiger partial charge is 0.308 e. The standard InChI is InChI=1S/C70H39N5/c1-5-17-40(18-6-1)44-29-53-49-36-59(42-21-9-3-10-22-42)71-38-63(49)74-67(53)55(31-44)57-35-58-56-32-45(41-19-7-2-8-20-41)30-54-50-37-60(43-23-11-4-12-24-43)72-39-64(50)75(68(54)56)70(58)65(69(57)74)46-33-51-47-25-13-15-27-61(47)73-62-28-16-14-26-48(62)52(34-46)66(51)73/h1-39H. The Hall–Kier alpha value is -10.1. The average molecular weight is 950 g/mol. The van der Waals surface area contributed by atoms with E-state index in [1.54, 1.807) is 0 Å². The summed E-state index contributed by atoms with van der Waals surface area (Å²) in [6.07, 6.45) is 4.25. The van der Waals surface area contributed by atoms with Crippen LogP contribution in [0.4, 0.5) is 0 Å². The van der Waals surface area contributed by atoms with Crippen molar-refractivity contribution in [2.45, 2.75) is 0 Å². The zero-order chi connectivity index (χ0) is 48.6. The van der Waals surface area contributed by atoms with Gasteiger partial charge in [0.25, 0.3) is 0 Å². The molecule has 75 heavy (non-hydrogen) atoms. The third kappa shape index (κ3) is 5.16. The van der Waals surface area contributed by atoms with E-state index in [0.29, 0.717) is 0 Å². The zero-order valence-corrected chi connectivity index (χ0v) is 40.3. The number of pyridine rings is 2. The first-order valence-corrected chi connectivity index (χ1v) is 25.8. The summed E-state index contributed by atoms with van der Waals surface area (Å²) >= 11 is 0. The van der Waals surface area contributed by atoms with Crippen molar-refractivity contribution in [2.24, 2.45) is 0 Å². The van der Waals surface area contributed by atoms with Crippen LogP contribution in [0.5, 0.6) is 0 Å². The van der Waals surface area contributed by atoms with Gasteiger partial charge in [-0.2, -0.15) is 0 Å². The highest BCUT2D eigenvalue weighted by Crippen LogP contribution is 2.53. The first-order chi connectivity index (χ1) is 37.2. The fraction of sp³-hybridized carbons (Fsp3) is 0. The molecule has 8 heterocycles. The van der Waals surface area contributed by atoms with Gasteiger partial charge < -0.3 is 13.2 Å². The van der Waals surface area contributed by atoms with Crippen molar-refractivity contribution in [3.05, 3.63) is 237 Å². The van der Waals surface area contributed by atoms with Crippen LogP contribution in [-0.4, -0.2) is 23.2 Å². The molecule has 5 nitrogen and oxygen atoms in total. The molecule has 0 saturated carbocycles. The summed E-state index contributed by atoms with van der Waals surface area (Å²) in [5, 5.41) is 14.7. The van der Waals surface area contributed by atoms with Gasteiger partial charge in [0.05, 0.1) is 73.4 Å². The molecular formula is C70H39N5. The highest BCUT2D eigenvalue weighted by atomic mass is 15.0. The number of rotatable bonds is 5. The highest BCUT2D eigenvalue weighted by Gasteiger charge is 2.30. The van der Waals surface area contributed by atoms with Crippen molar-refractivity contribution in [3.8, 4) is 55.9 Å². The Bertz CT molecular complexity index is 5050. The molecule has 18 aromatic rings. The van der Waals surface area contributed by atoms with Gasteiger partial charge in [0, 0.05) is 81.3 Å². The molecule has 0 aliphatic rings. The summed E-state index contributed by atoms with van der Waals surface area (Å²) in [6.45, 7) is 0. The minimum atomic E-state index is 0.959. The quantitative estimate of drug-likeness (QED) is 0.172. The molecular weight excluding hydrogens is 911 g/mol. The first-order valence-electron chi connectivity index (χ1n) is 25.8. The fourth-order valence-corrected chi connectivity index (χ4v) is 13.5. The molecule has 8 aromatic heterocycles. The number of benzene rings is 10. The maximum atomic E-state index is 5.29. The van der Waals surface area contributed by atoms with Gasteiger partial charge in [-0.3, -0.25) is 9.97 Å². The first kappa shape index (κ1) is 39.5. The molecule has 0 bridgehead atoms. The van der Waals surface area contributed by atoms with E-state index in [1.165, 1.54) is 137 Å². The van der Waals surface area contributed by atoms with Crippen molar-refractivity contribution in [1.29, 1.82) is 0 Å². The van der Waals surface area contributed by atoms with Crippen LogP contribution in [0.1, 0.15) is 0 Å². The zero-order valence-electron chi connectivity index (χ0n) is 40.3. The Morgan fingerprint density at radius 2 is 0.547 bits per heavy atom. The Morgan fingerprint density at radius 1 is 0.213 bits per heavy atom. The molecule has 0 aliphatic heterocycles. The van der Waals surface area contributed by atoms with Gasteiger partial charge >= 0.3 is 0 Å². The van der Waals surface area contributed by atoms with Gasteiger partial charge in [-0.05, 0) is 94.5 Å². The summed E-state index contributed by atoms with van der Waals surface area (Å²) in [5.41, 5.74) is 21.9. The Kier molecular flexibility index (Phi) is 7.54. The summed E-state index contributed by atoms with van der Waals surface area (Å²) < 4.78 is 7.61. The second-order valence-electron chi connectivity index (χ2n) is 20.5. The predicted octanol–water partition coefficient (Wildman–Crippen LogP) is 18.3. The van der Waals surface area contributed by atoms with Crippen molar-refractivity contribution in [3.63, 3.8) is 0 Å². The van der Waals surface area contributed by atoms with Gasteiger partial charge in [0.15, 0.2) is 0 Å². The van der Waals surface area contributed by atoms with Crippen LogP contribution >= 0.6 is 0 Å². The lowest BCUT2D eigenvalue weighted by Crippen LogP contribution is -1.93. The van der Waals surface area contributed by atoms with Gasteiger partial charge in [-0.25, -0.2) is 0 Å². The monoisotopic (exact) mass is 949 g/mol. The van der Waals surface area contributed by atoms with Gasteiger partial charge in [0.2, 0.25) is 0 Å². The van der Waals surface area contributed by atoms with Gasteiger partial charge in [0.1, 0.15) is 0 Å². The van der Waals surface area contributed by atoms with Crippen molar-refractivity contribution in [1.82, 2.24) is 23.2 Å². The van der Waals surface area contributed by atoms with Crippen LogP contribution in [0.2, 0.25) is 0 Å². The number of hydrogen-bond acceptors (Lipinski definition) is 2. The molecule has 18 rings (SSSR count). The maximum Gasteiger partial charge on any atom is 0.0725 e. The number of aromatic nitrogens is 5. The Morgan fingerprint density at radius 3 is 0.987 bits per heavy atom. The molecule has 0 saturated heterocycles. The fourth-order valence-electron chi connectivity index (χ4n) is 13.5. The number of fused-ring (bicyclic) bond motifs is 18. The van der Waals surface area contributed by atoms with Crippen LogP contribution in [0, 0.1) is 0 Å². The Balaban J connectivity index is 1.09. The van der Waals surface area contributed by atoms with Crippen molar-refractivity contribution >= 4 is 114 Å². The molecule has 0 radical (unpaired) electrons. The second-order valence-corrected chi connectivity index (χ2v) is 20.5. The summed E-state index contributed by atoms with van der Waals surface area (Å²) in [6, 6.07) is 82.7. The molecule has 0 atom stereocenters. The molecule has 5 heteroatoms. The van der Waals surface area contributed by atoms with Crippen LogP contribution in [0.15, 0.2) is 237 Å². The third-order valence-electron chi connectivity index (χ3n) is 16.6. The van der Waals surface area contributed by atoms with E-state index >= 15 is 0 Å². The van der Waals surface area contributed by atoms with E-state index in [0.717, 1.165) is 33.5 Å². The van der Waals surface area contributed by atoms with E-state index in [4.69, 9.17) is 9.97 Å². The second kappa shape index (κ2) is 14.3. The molecule has 10 aromatic carbocycles.